The fraction of sp³-hybridized carbons (Fsp3) is 0.417. The van der Waals surface area contributed by atoms with E-state index in [0.29, 0.717) is 0 Å². The van der Waals surface area contributed by atoms with E-state index in [9.17, 15) is 0 Å². The Balaban J connectivity index is 1.95. The molecule has 17 heavy (non-hydrogen) atoms. The molecule has 1 aromatic heterocycles. The molecular formula is C12H17N5. The Kier molecular flexibility index (Phi) is 2.40. The van der Waals surface area contributed by atoms with Crippen molar-refractivity contribution in [1.29, 1.82) is 0 Å². The van der Waals surface area contributed by atoms with Crippen LogP contribution >= 0.6 is 0 Å². The zero-order chi connectivity index (χ0) is 11.8. The second-order valence-electron chi connectivity index (χ2n) is 4.59. The first kappa shape index (κ1) is 10.4. The van der Waals surface area contributed by atoms with Gasteiger partial charge in [-0.1, -0.05) is 0 Å². The number of anilines is 1. The van der Waals surface area contributed by atoms with Gasteiger partial charge >= 0.3 is 0 Å². The second kappa shape index (κ2) is 3.92. The highest BCUT2D eigenvalue weighted by atomic mass is 15.6. The van der Waals surface area contributed by atoms with Crippen molar-refractivity contribution >= 4 is 16.7 Å². The van der Waals surface area contributed by atoms with Crippen LogP contribution in [-0.4, -0.2) is 47.8 Å². The summed E-state index contributed by atoms with van der Waals surface area (Å²) in [5.41, 5.74) is 8.62. The third kappa shape index (κ3) is 1.82. The number of nitrogen functional groups attached to an aromatic ring is 1. The maximum absolute atomic E-state index is 5.76. The summed E-state index contributed by atoms with van der Waals surface area (Å²) in [6.07, 6.45) is 1.88. The van der Waals surface area contributed by atoms with Gasteiger partial charge in [0, 0.05) is 31.9 Å². The Labute approximate surface area is 100 Å². The smallest absolute Gasteiger partial charge is 0.116 e. The molecule has 3 rings (SSSR count). The number of rotatable bonds is 1. The molecule has 0 saturated carbocycles. The van der Waals surface area contributed by atoms with Gasteiger partial charge in [-0.05, 0) is 25.2 Å². The summed E-state index contributed by atoms with van der Waals surface area (Å²) < 4.78 is 2.14. The minimum atomic E-state index is 0.765. The van der Waals surface area contributed by atoms with Crippen LogP contribution in [0.3, 0.4) is 0 Å². The van der Waals surface area contributed by atoms with E-state index < -0.39 is 0 Å². The molecule has 0 radical (unpaired) electrons. The van der Waals surface area contributed by atoms with Gasteiger partial charge in [0.05, 0.1) is 11.0 Å². The Hall–Kier alpha value is -1.75. The average Bonchev–Trinajstić information content (AvgIpc) is 2.73. The van der Waals surface area contributed by atoms with Crippen molar-refractivity contribution in [2.75, 3.05) is 44.0 Å². The second-order valence-corrected chi connectivity index (χ2v) is 4.59. The van der Waals surface area contributed by atoms with Crippen LogP contribution in [0.1, 0.15) is 0 Å². The number of likely N-dealkylation sites (N-methyl/N-ethyl adjacent to an activating group) is 1. The van der Waals surface area contributed by atoms with E-state index in [1.165, 1.54) is 0 Å². The van der Waals surface area contributed by atoms with Gasteiger partial charge in [-0.25, -0.2) is 9.66 Å². The maximum Gasteiger partial charge on any atom is 0.116 e. The maximum atomic E-state index is 5.76. The molecule has 2 N–H and O–H groups in total. The molecule has 0 amide bonds. The molecule has 2 heterocycles. The molecule has 0 bridgehead atoms. The first-order valence-corrected chi connectivity index (χ1v) is 5.90. The number of benzene rings is 1. The minimum Gasteiger partial charge on any atom is -0.399 e. The largest absolute Gasteiger partial charge is 0.399 e. The first-order valence-electron chi connectivity index (χ1n) is 5.90. The number of aromatic nitrogens is 2. The van der Waals surface area contributed by atoms with Crippen LogP contribution in [0.25, 0.3) is 11.0 Å². The number of nitrogens with zero attached hydrogens (tertiary/aromatic N) is 4. The Morgan fingerprint density at radius 2 is 1.94 bits per heavy atom. The SMILES string of the molecule is CN1CCN(n2cnc3cc(N)ccc32)CC1. The number of hydrogen-bond donors (Lipinski definition) is 1. The molecule has 0 spiro atoms. The van der Waals surface area contributed by atoms with Gasteiger partial charge < -0.3 is 15.6 Å². The molecule has 1 saturated heterocycles. The minimum absolute atomic E-state index is 0.765. The summed E-state index contributed by atoms with van der Waals surface area (Å²) in [5.74, 6) is 0. The molecule has 0 unspecified atom stereocenters. The van der Waals surface area contributed by atoms with E-state index >= 15 is 0 Å². The summed E-state index contributed by atoms with van der Waals surface area (Å²) in [4.78, 5) is 6.74. The molecule has 1 aliphatic rings. The summed E-state index contributed by atoms with van der Waals surface area (Å²) in [6.45, 7) is 4.25. The van der Waals surface area contributed by atoms with Gasteiger partial charge in [0.1, 0.15) is 6.33 Å². The zero-order valence-corrected chi connectivity index (χ0v) is 10.0. The molecule has 2 aromatic rings. The number of fused-ring (bicyclic) bond motifs is 1. The highest BCUT2D eigenvalue weighted by Gasteiger charge is 2.15. The lowest BCUT2D eigenvalue weighted by molar-refractivity contribution is 0.289. The Morgan fingerprint density at radius 3 is 2.71 bits per heavy atom. The van der Waals surface area contributed by atoms with E-state index in [2.05, 4.69) is 26.6 Å². The highest BCUT2D eigenvalue weighted by Crippen LogP contribution is 2.16. The number of hydrogen-bond acceptors (Lipinski definition) is 4. The van der Waals surface area contributed by atoms with Crippen LogP contribution in [0, 0.1) is 0 Å². The summed E-state index contributed by atoms with van der Waals surface area (Å²) >= 11 is 0. The predicted octanol–water partition coefficient (Wildman–Crippen LogP) is 0.502. The monoisotopic (exact) mass is 231 g/mol. The number of piperazine rings is 1. The average molecular weight is 231 g/mol. The molecule has 1 fully saturated rings. The topological polar surface area (TPSA) is 50.3 Å². The zero-order valence-electron chi connectivity index (χ0n) is 10.0. The van der Waals surface area contributed by atoms with Crippen LogP contribution in [0.5, 0.6) is 0 Å². The third-order valence-electron chi connectivity index (χ3n) is 3.34. The van der Waals surface area contributed by atoms with Crippen molar-refractivity contribution in [3.8, 4) is 0 Å². The third-order valence-corrected chi connectivity index (χ3v) is 3.34. The molecule has 0 atom stereocenters. The van der Waals surface area contributed by atoms with Gasteiger partial charge in [0.2, 0.25) is 0 Å². The molecule has 5 heteroatoms. The molecular weight excluding hydrogens is 214 g/mol. The van der Waals surface area contributed by atoms with Crippen molar-refractivity contribution in [3.05, 3.63) is 24.5 Å². The quantitative estimate of drug-likeness (QED) is 0.726. The molecule has 0 aliphatic carbocycles. The highest BCUT2D eigenvalue weighted by molar-refractivity contribution is 5.79. The van der Waals surface area contributed by atoms with Gasteiger partial charge in [-0.15, -0.1) is 0 Å². The normalized spacial score (nSPS) is 17.8. The summed E-state index contributed by atoms with van der Waals surface area (Å²) in [6, 6.07) is 5.88. The van der Waals surface area contributed by atoms with Gasteiger partial charge in [-0.2, -0.15) is 0 Å². The Morgan fingerprint density at radius 1 is 1.18 bits per heavy atom. The standard InChI is InChI=1S/C12H17N5/c1-15-4-6-16(7-5-15)17-9-14-11-8-10(13)2-3-12(11)17/h2-3,8-9H,4-7,13H2,1H3. The van der Waals surface area contributed by atoms with E-state index in [1.807, 2.05) is 24.5 Å². The number of imidazole rings is 1. The van der Waals surface area contributed by atoms with Crippen LogP contribution in [-0.2, 0) is 0 Å². The van der Waals surface area contributed by atoms with Crippen LogP contribution < -0.4 is 10.7 Å². The van der Waals surface area contributed by atoms with Gasteiger partial charge in [-0.3, -0.25) is 0 Å². The van der Waals surface area contributed by atoms with Crippen LogP contribution in [0.4, 0.5) is 5.69 Å². The molecule has 5 nitrogen and oxygen atoms in total. The fourth-order valence-corrected chi connectivity index (χ4v) is 2.25. The lowest BCUT2D eigenvalue weighted by Gasteiger charge is -2.34. The van der Waals surface area contributed by atoms with E-state index in [-0.39, 0.29) is 0 Å². The lowest BCUT2D eigenvalue weighted by Crippen LogP contribution is -2.49. The van der Waals surface area contributed by atoms with Crippen molar-refractivity contribution in [2.45, 2.75) is 0 Å². The predicted molar refractivity (Wildman–Crippen MR) is 69.6 cm³/mol. The summed E-state index contributed by atoms with van der Waals surface area (Å²) in [7, 11) is 2.16. The first-order chi connectivity index (χ1) is 8.24. The van der Waals surface area contributed by atoms with E-state index in [0.717, 1.165) is 42.9 Å². The van der Waals surface area contributed by atoms with Crippen molar-refractivity contribution in [3.63, 3.8) is 0 Å². The van der Waals surface area contributed by atoms with Crippen molar-refractivity contribution in [2.24, 2.45) is 0 Å². The van der Waals surface area contributed by atoms with E-state index in [1.54, 1.807) is 0 Å². The van der Waals surface area contributed by atoms with Crippen molar-refractivity contribution < 1.29 is 0 Å². The number of nitrogens with two attached hydrogens (primary N) is 1. The van der Waals surface area contributed by atoms with Gasteiger partial charge in [0.15, 0.2) is 0 Å². The van der Waals surface area contributed by atoms with Crippen LogP contribution in [0.15, 0.2) is 24.5 Å². The van der Waals surface area contributed by atoms with E-state index in [4.69, 9.17) is 5.73 Å². The molecule has 90 valence electrons. The Bertz CT molecular complexity index is 525. The molecule has 1 aromatic carbocycles. The van der Waals surface area contributed by atoms with Crippen molar-refractivity contribution in [1.82, 2.24) is 14.6 Å². The summed E-state index contributed by atoms with van der Waals surface area (Å²) in [5, 5.41) is 2.32. The van der Waals surface area contributed by atoms with Crippen LogP contribution in [0.2, 0.25) is 0 Å². The molecule has 1 aliphatic heterocycles. The lowest BCUT2D eigenvalue weighted by atomic mass is 10.3. The fourth-order valence-electron chi connectivity index (χ4n) is 2.25. The van der Waals surface area contributed by atoms with Gasteiger partial charge in [0.25, 0.3) is 0 Å².